The Morgan fingerprint density at radius 2 is 2.04 bits per heavy atom. The lowest BCUT2D eigenvalue weighted by Gasteiger charge is -2.21. The zero-order valence-corrected chi connectivity index (χ0v) is 15.3. The number of hydrogen-bond acceptors (Lipinski definition) is 5. The smallest absolute Gasteiger partial charge is 0.237 e. The van der Waals surface area contributed by atoms with E-state index in [1.807, 2.05) is 38.1 Å². The SMILES string of the molecule is Cc1ccc(N(CCC#N)C(=O)CSc2nnc(C)n2C2CC2)cc1. The minimum atomic E-state index is -0.0212. The van der Waals surface area contributed by atoms with Gasteiger partial charge in [-0.2, -0.15) is 5.26 Å². The van der Waals surface area contributed by atoms with Crippen LogP contribution in [0.5, 0.6) is 0 Å². The highest BCUT2D eigenvalue weighted by Crippen LogP contribution is 2.38. The number of carbonyl (C=O) groups excluding carboxylic acids is 1. The molecule has 6 nitrogen and oxygen atoms in total. The molecule has 1 aliphatic carbocycles. The molecule has 1 fully saturated rings. The van der Waals surface area contributed by atoms with E-state index < -0.39 is 0 Å². The molecule has 1 aromatic carbocycles. The van der Waals surface area contributed by atoms with Crippen molar-refractivity contribution < 1.29 is 4.79 Å². The van der Waals surface area contributed by atoms with Crippen LogP contribution >= 0.6 is 11.8 Å². The van der Waals surface area contributed by atoms with Crippen molar-refractivity contribution in [2.24, 2.45) is 0 Å². The summed E-state index contributed by atoms with van der Waals surface area (Å²) in [6, 6.07) is 10.4. The molecule has 1 aliphatic rings. The summed E-state index contributed by atoms with van der Waals surface area (Å²) in [4.78, 5) is 14.4. The Morgan fingerprint density at radius 1 is 1.32 bits per heavy atom. The molecule has 130 valence electrons. The Balaban J connectivity index is 1.70. The monoisotopic (exact) mass is 355 g/mol. The maximum absolute atomic E-state index is 12.7. The Labute approximate surface area is 151 Å². The fraction of sp³-hybridized carbons (Fsp3) is 0.444. The van der Waals surface area contributed by atoms with E-state index in [0.29, 0.717) is 19.0 Å². The molecule has 0 saturated heterocycles. The standard InChI is InChI=1S/C18H21N5OS/c1-13-4-6-15(7-5-13)22(11-3-10-19)17(24)12-25-18-21-20-14(2)23(18)16-8-9-16/h4-7,16H,3,8-9,11-12H2,1-2H3. The van der Waals surface area contributed by atoms with Crippen LogP contribution in [0.2, 0.25) is 0 Å². The van der Waals surface area contributed by atoms with Crippen LogP contribution in [0.1, 0.15) is 36.7 Å². The third-order valence-electron chi connectivity index (χ3n) is 4.17. The Hall–Kier alpha value is -2.33. The number of hydrogen-bond donors (Lipinski definition) is 0. The molecule has 0 bridgehead atoms. The van der Waals surface area contributed by atoms with Gasteiger partial charge in [0, 0.05) is 18.3 Å². The van der Waals surface area contributed by atoms with Crippen molar-refractivity contribution in [2.45, 2.75) is 44.3 Å². The van der Waals surface area contributed by atoms with Crippen LogP contribution < -0.4 is 4.90 Å². The van der Waals surface area contributed by atoms with Gasteiger partial charge in [0.15, 0.2) is 5.16 Å². The highest BCUT2D eigenvalue weighted by atomic mass is 32.2. The normalized spacial score (nSPS) is 13.5. The van der Waals surface area contributed by atoms with Crippen LogP contribution in [0.3, 0.4) is 0 Å². The van der Waals surface area contributed by atoms with E-state index in [4.69, 9.17) is 5.26 Å². The first kappa shape index (κ1) is 17.5. The minimum absolute atomic E-state index is 0.0212. The van der Waals surface area contributed by atoms with Crippen LogP contribution in [0.15, 0.2) is 29.4 Å². The van der Waals surface area contributed by atoms with E-state index in [1.165, 1.54) is 11.8 Å². The summed E-state index contributed by atoms with van der Waals surface area (Å²) in [5, 5.41) is 18.0. The number of benzene rings is 1. The molecule has 1 amide bonds. The van der Waals surface area contributed by atoms with Crippen LogP contribution in [0.25, 0.3) is 0 Å². The Bertz CT molecular complexity index is 789. The molecule has 1 saturated carbocycles. The van der Waals surface area contributed by atoms with Gasteiger partial charge in [0.05, 0.1) is 18.2 Å². The predicted octanol–water partition coefficient (Wildman–Crippen LogP) is 3.27. The third kappa shape index (κ3) is 4.20. The molecule has 0 unspecified atom stereocenters. The second-order valence-electron chi connectivity index (χ2n) is 6.21. The van der Waals surface area contributed by atoms with Crippen molar-refractivity contribution in [3.8, 4) is 6.07 Å². The molecule has 1 aromatic heterocycles. The van der Waals surface area contributed by atoms with Gasteiger partial charge in [0.1, 0.15) is 5.82 Å². The minimum Gasteiger partial charge on any atom is -0.311 e. The number of thioether (sulfide) groups is 1. The van der Waals surface area contributed by atoms with Gasteiger partial charge in [-0.25, -0.2) is 0 Å². The van der Waals surface area contributed by atoms with Gasteiger partial charge in [-0.05, 0) is 38.8 Å². The fourth-order valence-electron chi connectivity index (χ4n) is 2.69. The number of rotatable bonds is 7. The molecule has 1 heterocycles. The lowest BCUT2D eigenvalue weighted by Crippen LogP contribution is -2.33. The zero-order chi connectivity index (χ0) is 17.8. The van der Waals surface area contributed by atoms with E-state index >= 15 is 0 Å². The van der Waals surface area contributed by atoms with Gasteiger partial charge in [-0.1, -0.05) is 29.5 Å². The predicted molar refractivity (Wildman–Crippen MR) is 97.5 cm³/mol. The van der Waals surface area contributed by atoms with Gasteiger partial charge in [0.25, 0.3) is 0 Å². The van der Waals surface area contributed by atoms with Gasteiger partial charge < -0.3 is 9.47 Å². The molecular formula is C18H21N5OS. The number of nitriles is 1. The summed E-state index contributed by atoms with van der Waals surface area (Å²) in [5.41, 5.74) is 1.96. The van der Waals surface area contributed by atoms with Crippen molar-refractivity contribution in [2.75, 3.05) is 17.2 Å². The Kier molecular flexibility index (Phi) is 5.39. The first-order chi connectivity index (χ1) is 12.1. The molecule has 0 aliphatic heterocycles. The number of amides is 1. The molecule has 0 spiro atoms. The van der Waals surface area contributed by atoms with Gasteiger partial charge >= 0.3 is 0 Å². The molecule has 0 atom stereocenters. The third-order valence-corrected chi connectivity index (χ3v) is 5.09. The maximum Gasteiger partial charge on any atom is 0.237 e. The van der Waals surface area contributed by atoms with Gasteiger partial charge in [0.2, 0.25) is 5.91 Å². The molecule has 2 aromatic rings. The second kappa shape index (κ2) is 7.70. The van der Waals surface area contributed by atoms with Crippen LogP contribution in [0, 0.1) is 25.2 Å². The molecule has 7 heteroatoms. The lowest BCUT2D eigenvalue weighted by atomic mass is 10.2. The summed E-state index contributed by atoms with van der Waals surface area (Å²) in [5.74, 6) is 1.16. The van der Waals surface area contributed by atoms with Gasteiger partial charge in [-0.15, -0.1) is 10.2 Å². The lowest BCUT2D eigenvalue weighted by molar-refractivity contribution is -0.116. The topological polar surface area (TPSA) is 74.8 Å². The first-order valence-corrected chi connectivity index (χ1v) is 9.37. The number of aromatic nitrogens is 3. The number of aryl methyl sites for hydroxylation is 2. The quantitative estimate of drug-likeness (QED) is 0.713. The summed E-state index contributed by atoms with van der Waals surface area (Å²) >= 11 is 1.42. The number of anilines is 1. The van der Waals surface area contributed by atoms with Gasteiger partial charge in [-0.3, -0.25) is 4.79 Å². The highest BCUT2D eigenvalue weighted by molar-refractivity contribution is 7.99. The van der Waals surface area contributed by atoms with E-state index in [1.54, 1.807) is 4.90 Å². The fourth-order valence-corrected chi connectivity index (χ4v) is 3.62. The molecule has 25 heavy (non-hydrogen) atoms. The van der Waals surface area contributed by atoms with Crippen molar-refractivity contribution in [3.63, 3.8) is 0 Å². The molecule has 3 rings (SSSR count). The van der Waals surface area contributed by atoms with Crippen molar-refractivity contribution in [3.05, 3.63) is 35.7 Å². The van der Waals surface area contributed by atoms with Crippen LogP contribution in [-0.2, 0) is 4.79 Å². The van der Waals surface area contributed by atoms with E-state index in [9.17, 15) is 4.79 Å². The number of carbonyl (C=O) groups is 1. The van der Waals surface area contributed by atoms with Crippen molar-refractivity contribution in [1.82, 2.24) is 14.8 Å². The summed E-state index contributed by atoms with van der Waals surface area (Å²) in [7, 11) is 0. The zero-order valence-electron chi connectivity index (χ0n) is 14.5. The molecule has 0 N–H and O–H groups in total. The van der Waals surface area contributed by atoms with E-state index in [-0.39, 0.29) is 11.7 Å². The van der Waals surface area contributed by atoms with E-state index in [0.717, 1.165) is 35.1 Å². The molecule has 0 radical (unpaired) electrons. The van der Waals surface area contributed by atoms with E-state index in [2.05, 4.69) is 20.8 Å². The number of nitrogens with zero attached hydrogens (tertiary/aromatic N) is 5. The van der Waals surface area contributed by atoms with Crippen LogP contribution in [-0.4, -0.2) is 33.0 Å². The maximum atomic E-state index is 12.7. The summed E-state index contributed by atoms with van der Waals surface area (Å²) < 4.78 is 2.13. The Morgan fingerprint density at radius 3 is 2.68 bits per heavy atom. The highest BCUT2D eigenvalue weighted by Gasteiger charge is 2.28. The van der Waals surface area contributed by atoms with Crippen LogP contribution in [0.4, 0.5) is 5.69 Å². The molecular weight excluding hydrogens is 334 g/mol. The largest absolute Gasteiger partial charge is 0.311 e. The van der Waals surface area contributed by atoms with Crippen molar-refractivity contribution in [1.29, 1.82) is 5.26 Å². The summed E-state index contributed by atoms with van der Waals surface area (Å²) in [6.07, 6.45) is 2.61. The summed E-state index contributed by atoms with van der Waals surface area (Å²) in [6.45, 7) is 4.35. The van der Waals surface area contributed by atoms with Crippen molar-refractivity contribution >= 4 is 23.4 Å². The first-order valence-electron chi connectivity index (χ1n) is 8.38. The average molecular weight is 355 g/mol. The average Bonchev–Trinajstić information content (AvgIpc) is 3.37. The second-order valence-corrected chi connectivity index (χ2v) is 7.15.